The maximum absolute atomic E-state index is 12.7. The Morgan fingerprint density at radius 3 is 2.57 bits per heavy atom. The number of rotatable bonds is 6. The van der Waals surface area contributed by atoms with Gasteiger partial charge in [0, 0.05) is 32.2 Å². The summed E-state index contributed by atoms with van der Waals surface area (Å²) >= 11 is 0. The van der Waals surface area contributed by atoms with Gasteiger partial charge in [0.15, 0.2) is 5.82 Å². The number of nitrogens with one attached hydrogen (secondary N) is 1. The number of likely N-dealkylation sites (tertiary alicyclic amines) is 1. The van der Waals surface area contributed by atoms with Gasteiger partial charge in [-0.25, -0.2) is 0 Å². The lowest BCUT2D eigenvalue weighted by molar-refractivity contribution is -0.127. The highest BCUT2D eigenvalue weighted by Crippen LogP contribution is 2.25. The number of aromatic nitrogens is 2. The molecule has 0 aliphatic carbocycles. The molecular weight excluding hydrogens is 374 g/mol. The topological polar surface area (TPSA) is 61.4 Å². The predicted molar refractivity (Wildman–Crippen MR) is 119 cm³/mol. The highest BCUT2D eigenvalue weighted by Gasteiger charge is 2.31. The number of carbonyl (C=O) groups excluding carboxylic acids is 1. The summed E-state index contributed by atoms with van der Waals surface area (Å²) in [6.45, 7) is 6.71. The van der Waals surface area contributed by atoms with Crippen molar-refractivity contribution >= 4 is 11.7 Å². The molecule has 0 bridgehead atoms. The fourth-order valence-electron chi connectivity index (χ4n) is 4.69. The Morgan fingerprint density at radius 1 is 1.03 bits per heavy atom. The molecule has 3 heterocycles. The van der Waals surface area contributed by atoms with Crippen molar-refractivity contribution in [3.05, 3.63) is 53.7 Å². The minimum atomic E-state index is 0.121. The van der Waals surface area contributed by atoms with Gasteiger partial charge in [-0.05, 0) is 63.3 Å². The van der Waals surface area contributed by atoms with E-state index in [4.69, 9.17) is 0 Å². The van der Waals surface area contributed by atoms with Gasteiger partial charge in [0.1, 0.15) is 0 Å². The third-order valence-electron chi connectivity index (χ3n) is 6.47. The SMILES string of the molecule is Cc1ccc(N2CCC(N3CCC[C@@H](C(=O)NCCc4ccccc4)C3)CC2)nn1. The molecule has 1 amide bonds. The van der Waals surface area contributed by atoms with Crippen LogP contribution in [0.1, 0.15) is 36.9 Å². The van der Waals surface area contributed by atoms with E-state index in [1.807, 2.05) is 31.2 Å². The summed E-state index contributed by atoms with van der Waals surface area (Å²) in [5, 5.41) is 11.7. The summed E-state index contributed by atoms with van der Waals surface area (Å²) in [5.74, 6) is 1.33. The van der Waals surface area contributed by atoms with Crippen molar-refractivity contribution in [2.75, 3.05) is 37.6 Å². The fourth-order valence-corrected chi connectivity index (χ4v) is 4.69. The Kier molecular flexibility index (Phi) is 6.95. The van der Waals surface area contributed by atoms with Crippen molar-refractivity contribution in [2.24, 2.45) is 5.92 Å². The van der Waals surface area contributed by atoms with Gasteiger partial charge >= 0.3 is 0 Å². The van der Waals surface area contributed by atoms with Crippen molar-refractivity contribution in [2.45, 2.75) is 45.1 Å². The zero-order chi connectivity index (χ0) is 20.8. The van der Waals surface area contributed by atoms with E-state index in [1.54, 1.807) is 0 Å². The van der Waals surface area contributed by atoms with Gasteiger partial charge in [-0.15, -0.1) is 5.10 Å². The summed E-state index contributed by atoms with van der Waals surface area (Å²) in [6.07, 6.45) is 5.26. The van der Waals surface area contributed by atoms with E-state index in [1.165, 1.54) is 5.56 Å². The van der Waals surface area contributed by atoms with Crippen molar-refractivity contribution in [3.63, 3.8) is 0 Å². The molecule has 0 unspecified atom stereocenters. The van der Waals surface area contributed by atoms with E-state index >= 15 is 0 Å². The summed E-state index contributed by atoms with van der Waals surface area (Å²) in [4.78, 5) is 17.6. The third-order valence-corrected chi connectivity index (χ3v) is 6.47. The van der Waals surface area contributed by atoms with Gasteiger partial charge < -0.3 is 10.2 Å². The average Bonchev–Trinajstić information content (AvgIpc) is 2.80. The Labute approximate surface area is 179 Å². The zero-order valence-corrected chi connectivity index (χ0v) is 18.0. The van der Waals surface area contributed by atoms with Crippen molar-refractivity contribution < 1.29 is 4.79 Å². The van der Waals surface area contributed by atoms with Crippen LogP contribution in [0, 0.1) is 12.8 Å². The van der Waals surface area contributed by atoms with E-state index in [2.05, 4.69) is 43.5 Å². The van der Waals surface area contributed by atoms with Crippen molar-refractivity contribution in [1.29, 1.82) is 0 Å². The Hall–Kier alpha value is -2.47. The van der Waals surface area contributed by atoms with Crippen LogP contribution in [0.5, 0.6) is 0 Å². The molecule has 2 aliphatic rings. The molecule has 6 heteroatoms. The molecule has 2 aromatic rings. The first-order valence-electron chi connectivity index (χ1n) is 11.3. The molecule has 0 spiro atoms. The highest BCUT2D eigenvalue weighted by atomic mass is 16.1. The van der Waals surface area contributed by atoms with Crippen molar-refractivity contribution in [3.8, 4) is 0 Å². The van der Waals surface area contributed by atoms with E-state index in [9.17, 15) is 4.79 Å². The number of carbonyl (C=O) groups is 1. The van der Waals surface area contributed by atoms with Crippen molar-refractivity contribution in [1.82, 2.24) is 20.4 Å². The van der Waals surface area contributed by atoms with Gasteiger partial charge in [-0.1, -0.05) is 30.3 Å². The minimum absolute atomic E-state index is 0.121. The van der Waals surface area contributed by atoms with E-state index in [-0.39, 0.29) is 11.8 Å². The molecule has 6 nitrogen and oxygen atoms in total. The summed E-state index contributed by atoms with van der Waals surface area (Å²) in [5.41, 5.74) is 2.23. The quantitative estimate of drug-likeness (QED) is 0.798. The Bertz CT molecular complexity index is 802. The largest absolute Gasteiger partial charge is 0.355 e. The van der Waals surface area contributed by atoms with Gasteiger partial charge in [0.2, 0.25) is 5.91 Å². The van der Waals surface area contributed by atoms with Gasteiger partial charge in [0.05, 0.1) is 11.6 Å². The van der Waals surface area contributed by atoms with Gasteiger partial charge in [-0.2, -0.15) is 5.10 Å². The minimum Gasteiger partial charge on any atom is -0.355 e. The van der Waals surface area contributed by atoms with E-state index in [0.29, 0.717) is 6.04 Å². The van der Waals surface area contributed by atoms with Crippen LogP contribution in [0.25, 0.3) is 0 Å². The maximum Gasteiger partial charge on any atom is 0.224 e. The summed E-state index contributed by atoms with van der Waals surface area (Å²) < 4.78 is 0. The number of aryl methyl sites for hydroxylation is 1. The highest BCUT2D eigenvalue weighted by molar-refractivity contribution is 5.79. The third kappa shape index (κ3) is 5.36. The van der Waals surface area contributed by atoms with Crippen LogP contribution in [0.3, 0.4) is 0 Å². The average molecular weight is 408 g/mol. The molecule has 0 radical (unpaired) electrons. The van der Waals surface area contributed by atoms with Crippen LogP contribution < -0.4 is 10.2 Å². The van der Waals surface area contributed by atoms with E-state index < -0.39 is 0 Å². The molecule has 2 saturated heterocycles. The predicted octanol–water partition coefficient (Wildman–Crippen LogP) is 2.82. The Balaban J connectivity index is 1.23. The first kappa shape index (κ1) is 20.8. The molecule has 2 aliphatic heterocycles. The lowest BCUT2D eigenvalue weighted by Gasteiger charge is -2.42. The van der Waals surface area contributed by atoms with Crippen LogP contribution in [0.15, 0.2) is 42.5 Å². The second-order valence-electron chi connectivity index (χ2n) is 8.61. The smallest absolute Gasteiger partial charge is 0.224 e. The number of benzene rings is 1. The first-order chi connectivity index (χ1) is 14.7. The van der Waals surface area contributed by atoms with E-state index in [0.717, 1.165) is 76.3 Å². The summed E-state index contributed by atoms with van der Waals surface area (Å²) in [7, 11) is 0. The lowest BCUT2D eigenvalue weighted by Crippen LogP contribution is -2.51. The molecule has 2 fully saturated rings. The van der Waals surface area contributed by atoms with Crippen LogP contribution in [0.2, 0.25) is 0 Å². The number of anilines is 1. The molecule has 1 N–H and O–H groups in total. The molecule has 0 saturated carbocycles. The van der Waals surface area contributed by atoms with Gasteiger partial charge in [-0.3, -0.25) is 9.69 Å². The molecule has 1 atom stereocenters. The lowest BCUT2D eigenvalue weighted by atomic mass is 9.93. The molecule has 160 valence electrons. The second-order valence-corrected chi connectivity index (χ2v) is 8.61. The fraction of sp³-hybridized carbons (Fsp3) is 0.542. The van der Waals surface area contributed by atoms with Gasteiger partial charge in [0.25, 0.3) is 0 Å². The van der Waals surface area contributed by atoms with Crippen LogP contribution in [-0.4, -0.2) is 59.8 Å². The molecule has 1 aromatic heterocycles. The van der Waals surface area contributed by atoms with Crippen LogP contribution in [-0.2, 0) is 11.2 Å². The molecular formula is C24H33N5O. The number of hydrogen-bond acceptors (Lipinski definition) is 5. The maximum atomic E-state index is 12.7. The van der Waals surface area contributed by atoms with Crippen LogP contribution >= 0.6 is 0 Å². The normalized spacial score (nSPS) is 20.8. The Morgan fingerprint density at radius 2 is 1.83 bits per heavy atom. The number of amides is 1. The molecule has 4 rings (SSSR count). The second kappa shape index (κ2) is 10.0. The number of nitrogens with zero attached hydrogens (tertiary/aromatic N) is 4. The zero-order valence-electron chi connectivity index (χ0n) is 18.0. The number of piperidine rings is 2. The standard InChI is InChI=1S/C24H33N5O/c1-19-9-10-23(27-26-19)28-16-12-22(13-17-28)29-15-5-8-21(18-29)24(30)25-14-11-20-6-3-2-4-7-20/h2-4,6-7,9-10,21-22H,5,8,11-18H2,1H3,(H,25,30)/t21-/m1/s1. The first-order valence-corrected chi connectivity index (χ1v) is 11.3. The molecule has 30 heavy (non-hydrogen) atoms. The summed E-state index contributed by atoms with van der Waals surface area (Å²) in [6, 6.07) is 15.0. The number of hydrogen-bond donors (Lipinski definition) is 1. The monoisotopic (exact) mass is 407 g/mol. The molecule has 1 aromatic carbocycles. The van der Waals surface area contributed by atoms with Crippen LogP contribution in [0.4, 0.5) is 5.82 Å².